The van der Waals surface area contributed by atoms with E-state index in [1.165, 1.54) is 36.9 Å². The SMILES string of the molecule is COCCOCCOCCOCCOCCOc1ccc(COC[C@H]2C[C@@]34CC[C@]2(OC)[C@@H]2Oc5c(OC)ccc6c5[C@@]23CCN(CC2CC2)C4C6)cc1. The Kier molecular flexibility index (Phi) is 12.0. The molecule has 4 saturated carbocycles. The maximum absolute atomic E-state index is 7.19. The first-order valence-corrected chi connectivity index (χ1v) is 20.3. The predicted octanol–water partition coefficient (Wildman–Crippen LogP) is 5.23. The third-order valence-corrected chi connectivity index (χ3v) is 13.6. The Morgan fingerprint density at radius 3 is 2.13 bits per heavy atom. The van der Waals surface area contributed by atoms with Crippen molar-refractivity contribution in [1.82, 2.24) is 4.90 Å². The Labute approximate surface area is 321 Å². The quantitative estimate of drug-likeness (QED) is 0.132. The van der Waals surface area contributed by atoms with Crippen molar-refractivity contribution in [2.24, 2.45) is 17.3 Å². The van der Waals surface area contributed by atoms with Gasteiger partial charge in [-0.3, -0.25) is 4.90 Å². The number of methoxy groups -OCH3 is 3. The monoisotopic (exact) mass is 751 g/mol. The molecule has 2 aliphatic heterocycles. The van der Waals surface area contributed by atoms with Crippen LogP contribution in [-0.4, -0.2) is 130 Å². The third-order valence-electron chi connectivity index (χ3n) is 13.6. The van der Waals surface area contributed by atoms with E-state index in [0.29, 0.717) is 85.3 Å². The van der Waals surface area contributed by atoms with Crippen molar-refractivity contribution in [1.29, 1.82) is 0 Å². The zero-order valence-corrected chi connectivity index (χ0v) is 32.7. The van der Waals surface area contributed by atoms with Gasteiger partial charge in [-0.25, -0.2) is 0 Å². The fraction of sp³-hybridized carbons (Fsp3) is 0.721. The molecule has 5 fully saturated rings. The minimum absolute atomic E-state index is 0.0306. The second-order valence-electron chi connectivity index (χ2n) is 16.2. The first-order valence-electron chi connectivity index (χ1n) is 20.3. The van der Waals surface area contributed by atoms with Gasteiger partial charge in [-0.15, -0.1) is 0 Å². The van der Waals surface area contributed by atoms with Crippen LogP contribution in [0, 0.1) is 17.3 Å². The lowest BCUT2D eigenvalue weighted by Gasteiger charge is -2.74. The summed E-state index contributed by atoms with van der Waals surface area (Å²) in [4.78, 5) is 2.89. The molecule has 5 aliphatic carbocycles. The summed E-state index contributed by atoms with van der Waals surface area (Å²) in [6.07, 6.45) is 8.28. The topological polar surface area (TPSA) is 95.5 Å². The van der Waals surface area contributed by atoms with Crippen LogP contribution in [0.15, 0.2) is 36.4 Å². The van der Waals surface area contributed by atoms with Crippen molar-refractivity contribution in [2.75, 3.05) is 107 Å². The third kappa shape index (κ3) is 7.06. The molecule has 1 unspecified atom stereocenters. The van der Waals surface area contributed by atoms with Crippen LogP contribution in [0.1, 0.15) is 55.2 Å². The Hall–Kier alpha value is -2.48. The van der Waals surface area contributed by atoms with Gasteiger partial charge in [0.1, 0.15) is 24.1 Å². The molecule has 6 atom stereocenters. The molecule has 9 rings (SSSR count). The highest BCUT2D eigenvalue weighted by Crippen LogP contribution is 2.76. The molecule has 1 saturated heterocycles. The molecule has 7 aliphatic rings. The molecule has 0 N–H and O–H groups in total. The Balaban J connectivity index is 0.814. The standard InChI is InChI=1S/C43H61NO10/c1-45-16-17-48-18-19-49-20-21-50-22-23-51-24-25-53-35-9-6-32(7-10-35)29-52-30-34-27-41-12-13-43(34,47-3)40-42(41)14-15-44(28-31-4-5-31)37(41)26-33-8-11-36(46-2)39(54-40)38(33)42/h6-11,31,34,37,40H,4-5,12-30H2,1-3H3/t34-,37?,40-,41-,42+,43-/m1/s1. The molecular formula is C43H61NO10. The molecule has 0 aromatic heterocycles. The van der Waals surface area contributed by atoms with Crippen molar-refractivity contribution in [3.63, 3.8) is 0 Å². The summed E-state index contributed by atoms with van der Waals surface area (Å²) in [5.41, 5.74) is 3.76. The largest absolute Gasteiger partial charge is 0.493 e. The Bertz CT molecular complexity index is 1540. The number of likely N-dealkylation sites (tertiary alicyclic amines) is 1. The summed E-state index contributed by atoms with van der Waals surface area (Å²) in [7, 11) is 5.34. The molecule has 54 heavy (non-hydrogen) atoms. The van der Waals surface area contributed by atoms with E-state index in [4.69, 9.17) is 47.4 Å². The van der Waals surface area contributed by atoms with E-state index >= 15 is 0 Å². The summed E-state index contributed by atoms with van der Waals surface area (Å²) >= 11 is 0. The minimum atomic E-state index is -0.399. The molecule has 2 heterocycles. The zero-order valence-electron chi connectivity index (χ0n) is 32.7. The number of rotatable bonds is 24. The molecule has 2 aromatic rings. The van der Waals surface area contributed by atoms with Crippen molar-refractivity contribution < 1.29 is 47.4 Å². The number of piperidine rings is 1. The van der Waals surface area contributed by atoms with E-state index in [0.717, 1.165) is 61.0 Å². The van der Waals surface area contributed by atoms with E-state index in [9.17, 15) is 0 Å². The van der Waals surface area contributed by atoms with Crippen LogP contribution in [0.5, 0.6) is 17.2 Å². The molecule has 2 spiro atoms. The van der Waals surface area contributed by atoms with E-state index in [-0.39, 0.29) is 22.9 Å². The summed E-state index contributed by atoms with van der Waals surface area (Å²) in [6, 6.07) is 13.2. The van der Waals surface area contributed by atoms with Crippen LogP contribution in [0.2, 0.25) is 0 Å². The number of nitrogens with zero attached hydrogens (tertiary/aromatic N) is 1. The van der Waals surface area contributed by atoms with Gasteiger partial charge in [0.05, 0.1) is 79.8 Å². The number of benzene rings is 2. The van der Waals surface area contributed by atoms with Crippen LogP contribution >= 0.6 is 0 Å². The van der Waals surface area contributed by atoms with Gasteiger partial charge in [0, 0.05) is 49.1 Å². The van der Waals surface area contributed by atoms with Crippen LogP contribution in [0.3, 0.4) is 0 Å². The molecule has 4 bridgehead atoms. The number of ether oxygens (including phenoxy) is 10. The maximum atomic E-state index is 7.19. The smallest absolute Gasteiger partial charge is 0.165 e. The number of fused-ring (bicyclic) bond motifs is 2. The van der Waals surface area contributed by atoms with E-state index in [1.807, 2.05) is 19.2 Å². The van der Waals surface area contributed by atoms with Crippen LogP contribution in [-0.2, 0) is 51.6 Å². The van der Waals surface area contributed by atoms with Crippen molar-refractivity contribution in [2.45, 2.75) is 74.7 Å². The fourth-order valence-electron chi connectivity index (χ4n) is 11.0. The summed E-state index contributed by atoms with van der Waals surface area (Å²) < 4.78 is 59.4. The van der Waals surface area contributed by atoms with Crippen molar-refractivity contribution in [3.05, 3.63) is 53.1 Å². The number of hydrogen-bond acceptors (Lipinski definition) is 11. The summed E-state index contributed by atoms with van der Waals surface area (Å²) in [5.74, 6) is 3.79. The second-order valence-corrected chi connectivity index (χ2v) is 16.2. The highest BCUT2D eigenvalue weighted by atomic mass is 16.6. The lowest BCUT2D eigenvalue weighted by atomic mass is 9.35. The second kappa shape index (κ2) is 16.9. The number of hydrogen-bond donors (Lipinski definition) is 0. The van der Waals surface area contributed by atoms with E-state index in [1.54, 1.807) is 14.2 Å². The van der Waals surface area contributed by atoms with Gasteiger partial charge in [0.2, 0.25) is 0 Å². The average Bonchev–Trinajstić information content (AvgIpc) is 3.94. The van der Waals surface area contributed by atoms with E-state index < -0.39 is 5.60 Å². The molecule has 11 nitrogen and oxygen atoms in total. The van der Waals surface area contributed by atoms with Crippen LogP contribution in [0.4, 0.5) is 0 Å². The Morgan fingerprint density at radius 1 is 0.759 bits per heavy atom. The summed E-state index contributed by atoms with van der Waals surface area (Å²) in [5, 5.41) is 0. The average molecular weight is 752 g/mol. The van der Waals surface area contributed by atoms with Crippen LogP contribution in [0.25, 0.3) is 0 Å². The molecule has 2 aromatic carbocycles. The predicted molar refractivity (Wildman–Crippen MR) is 202 cm³/mol. The van der Waals surface area contributed by atoms with Gasteiger partial charge >= 0.3 is 0 Å². The lowest BCUT2D eigenvalue weighted by molar-refractivity contribution is -0.283. The van der Waals surface area contributed by atoms with Gasteiger partial charge in [0.25, 0.3) is 0 Å². The van der Waals surface area contributed by atoms with Crippen LogP contribution < -0.4 is 14.2 Å². The summed E-state index contributed by atoms with van der Waals surface area (Å²) in [6.45, 7) is 8.96. The molecule has 298 valence electrons. The van der Waals surface area contributed by atoms with Crippen molar-refractivity contribution in [3.8, 4) is 17.2 Å². The normalized spacial score (nSPS) is 30.3. The first-order chi connectivity index (χ1) is 26.6. The molecule has 11 heteroatoms. The highest BCUT2D eigenvalue weighted by molar-refractivity contribution is 5.63. The molecule has 0 radical (unpaired) electrons. The van der Waals surface area contributed by atoms with Crippen molar-refractivity contribution >= 4 is 0 Å². The molecular weight excluding hydrogens is 690 g/mol. The lowest BCUT2D eigenvalue weighted by Crippen LogP contribution is -2.81. The highest BCUT2D eigenvalue weighted by Gasteiger charge is 2.80. The van der Waals surface area contributed by atoms with E-state index in [2.05, 4.69) is 29.2 Å². The Morgan fingerprint density at radius 2 is 1.46 bits per heavy atom. The van der Waals surface area contributed by atoms with Gasteiger partial charge in [-0.05, 0) is 86.7 Å². The minimum Gasteiger partial charge on any atom is -0.493 e. The maximum Gasteiger partial charge on any atom is 0.165 e. The molecule has 0 amide bonds. The fourth-order valence-corrected chi connectivity index (χ4v) is 11.0. The van der Waals surface area contributed by atoms with Gasteiger partial charge in [0.15, 0.2) is 11.5 Å². The van der Waals surface area contributed by atoms with Gasteiger partial charge in [-0.1, -0.05) is 18.2 Å². The zero-order chi connectivity index (χ0) is 37.0. The van der Waals surface area contributed by atoms with Gasteiger partial charge in [-0.2, -0.15) is 0 Å². The first kappa shape index (κ1) is 38.4. The van der Waals surface area contributed by atoms with Gasteiger partial charge < -0.3 is 47.4 Å².